The molecule has 0 bridgehead atoms. The highest BCUT2D eigenvalue weighted by Gasteiger charge is 2.45. The summed E-state index contributed by atoms with van der Waals surface area (Å²) in [5, 5.41) is 30.5. The number of aliphatic hydroxyl groups is 3. The molecule has 3 nitrogen and oxygen atoms in total. The van der Waals surface area contributed by atoms with Crippen LogP contribution in [-0.4, -0.2) is 33.6 Å². The van der Waals surface area contributed by atoms with Crippen LogP contribution in [0.2, 0.25) is 0 Å². The molecule has 0 heterocycles. The number of fused-ring (bicyclic) bond motifs is 1. The van der Waals surface area contributed by atoms with E-state index in [1.165, 1.54) is 18.4 Å². The Bertz CT molecular complexity index is 784. The Kier molecular flexibility index (Phi) is 8.86. The van der Waals surface area contributed by atoms with E-state index in [0.29, 0.717) is 24.7 Å². The van der Waals surface area contributed by atoms with Crippen molar-refractivity contribution in [3.8, 4) is 0 Å². The SMILES string of the molecule is C=C1/C(=C/C=C2\CCC[C@]3(C)C([C@H](C)CCCC(O)(CC)CC)=CC[C@@H]23)C[C@H](O)C[C@H]1CO. The molecule has 2 saturated carbocycles. The molecule has 2 fully saturated rings. The van der Waals surface area contributed by atoms with Crippen LogP contribution in [-0.2, 0) is 0 Å². The molecule has 0 aromatic rings. The van der Waals surface area contributed by atoms with Gasteiger partial charge in [0.25, 0.3) is 0 Å². The van der Waals surface area contributed by atoms with Crippen molar-refractivity contribution in [1.82, 2.24) is 0 Å². The van der Waals surface area contributed by atoms with E-state index in [9.17, 15) is 15.3 Å². The van der Waals surface area contributed by atoms with E-state index in [0.717, 1.165) is 56.1 Å². The lowest BCUT2D eigenvalue weighted by molar-refractivity contribution is 0.0204. The topological polar surface area (TPSA) is 60.7 Å². The smallest absolute Gasteiger partial charge is 0.0642 e. The summed E-state index contributed by atoms with van der Waals surface area (Å²) in [6.45, 7) is 13.3. The Morgan fingerprint density at radius 3 is 2.67 bits per heavy atom. The van der Waals surface area contributed by atoms with E-state index in [-0.39, 0.29) is 24.0 Å². The highest BCUT2D eigenvalue weighted by Crippen LogP contribution is 2.57. The summed E-state index contributed by atoms with van der Waals surface area (Å²) in [7, 11) is 0. The maximum Gasteiger partial charge on any atom is 0.0642 e. The Morgan fingerprint density at radius 1 is 1.27 bits per heavy atom. The summed E-state index contributed by atoms with van der Waals surface area (Å²) in [5.74, 6) is 1.11. The molecule has 0 aromatic carbocycles. The van der Waals surface area contributed by atoms with E-state index < -0.39 is 5.60 Å². The van der Waals surface area contributed by atoms with Crippen molar-refractivity contribution in [3.05, 3.63) is 47.1 Å². The molecule has 33 heavy (non-hydrogen) atoms. The predicted octanol–water partition coefficient (Wildman–Crippen LogP) is 6.65. The van der Waals surface area contributed by atoms with Crippen molar-refractivity contribution in [3.63, 3.8) is 0 Å². The average molecular weight is 457 g/mol. The third kappa shape index (κ3) is 5.74. The fourth-order valence-electron chi connectivity index (χ4n) is 6.88. The van der Waals surface area contributed by atoms with Gasteiger partial charge in [-0.2, -0.15) is 0 Å². The van der Waals surface area contributed by atoms with Gasteiger partial charge in [-0.15, -0.1) is 0 Å². The summed E-state index contributed by atoms with van der Waals surface area (Å²) in [6, 6.07) is 0. The third-order valence-corrected chi connectivity index (χ3v) is 9.37. The first kappa shape index (κ1) is 26.4. The molecule has 3 aliphatic carbocycles. The normalized spacial score (nSPS) is 34.0. The molecule has 0 aromatic heterocycles. The molecular formula is C30H48O3. The molecule has 5 atom stereocenters. The first-order valence-corrected chi connectivity index (χ1v) is 13.5. The number of allylic oxidation sites excluding steroid dienone is 5. The van der Waals surface area contributed by atoms with E-state index >= 15 is 0 Å². The molecule has 0 radical (unpaired) electrons. The lowest BCUT2D eigenvalue weighted by Crippen LogP contribution is -2.32. The van der Waals surface area contributed by atoms with Crippen LogP contribution in [0.1, 0.15) is 98.3 Å². The summed E-state index contributed by atoms with van der Waals surface area (Å²) in [5.41, 5.74) is 5.03. The highest BCUT2D eigenvalue weighted by atomic mass is 16.3. The van der Waals surface area contributed by atoms with Crippen molar-refractivity contribution >= 4 is 0 Å². The van der Waals surface area contributed by atoms with Gasteiger partial charge >= 0.3 is 0 Å². The van der Waals surface area contributed by atoms with Crippen LogP contribution in [0.25, 0.3) is 0 Å². The molecule has 0 spiro atoms. The van der Waals surface area contributed by atoms with Gasteiger partial charge in [0.15, 0.2) is 0 Å². The van der Waals surface area contributed by atoms with Crippen LogP contribution < -0.4 is 0 Å². The second-order valence-corrected chi connectivity index (χ2v) is 11.4. The zero-order valence-corrected chi connectivity index (χ0v) is 21.6. The number of aliphatic hydroxyl groups excluding tert-OH is 2. The molecule has 0 unspecified atom stereocenters. The number of hydrogen-bond acceptors (Lipinski definition) is 3. The Hall–Kier alpha value is -1.16. The molecule has 3 aliphatic rings. The molecule has 0 aliphatic heterocycles. The van der Waals surface area contributed by atoms with Gasteiger partial charge in [-0.25, -0.2) is 0 Å². The minimum atomic E-state index is -0.490. The van der Waals surface area contributed by atoms with Gasteiger partial charge in [0.2, 0.25) is 0 Å². The van der Waals surface area contributed by atoms with Crippen LogP contribution in [0, 0.1) is 23.2 Å². The lowest BCUT2D eigenvalue weighted by Gasteiger charge is -2.42. The van der Waals surface area contributed by atoms with Crippen LogP contribution >= 0.6 is 0 Å². The fraction of sp³-hybridized carbons (Fsp3) is 0.733. The second-order valence-electron chi connectivity index (χ2n) is 11.4. The number of rotatable bonds is 9. The maximum atomic E-state index is 10.7. The monoisotopic (exact) mass is 456 g/mol. The molecule has 3 N–H and O–H groups in total. The molecule has 186 valence electrons. The second kappa shape index (κ2) is 11.1. The van der Waals surface area contributed by atoms with Crippen LogP contribution in [0.4, 0.5) is 0 Å². The summed E-state index contributed by atoms with van der Waals surface area (Å²) in [4.78, 5) is 0. The third-order valence-electron chi connectivity index (χ3n) is 9.37. The van der Waals surface area contributed by atoms with Gasteiger partial charge in [-0.05, 0) is 92.6 Å². The largest absolute Gasteiger partial charge is 0.396 e. The zero-order valence-electron chi connectivity index (χ0n) is 21.6. The molecule has 3 heteroatoms. The van der Waals surface area contributed by atoms with Gasteiger partial charge in [-0.1, -0.05) is 70.1 Å². The predicted molar refractivity (Wildman–Crippen MR) is 138 cm³/mol. The van der Waals surface area contributed by atoms with Crippen molar-refractivity contribution in [2.24, 2.45) is 23.2 Å². The molecule has 3 rings (SSSR count). The standard InChI is InChI=1S/C30H48O3/c1-6-30(33,7-2)17-8-10-21(3)27-14-15-28-23(11-9-16-29(27,28)5)12-13-24-18-26(32)19-25(20-31)22(24)4/h12-14,21,25-26,28,31-33H,4,6-11,15-20H2,1-3,5H3/b23-12+,24-13+/t21-,25+,26+,28+,29-/m1/s1. The summed E-state index contributed by atoms with van der Waals surface area (Å²) >= 11 is 0. The Balaban J connectivity index is 1.69. The van der Waals surface area contributed by atoms with Crippen molar-refractivity contribution < 1.29 is 15.3 Å². The van der Waals surface area contributed by atoms with Gasteiger partial charge < -0.3 is 15.3 Å². The minimum Gasteiger partial charge on any atom is -0.396 e. The van der Waals surface area contributed by atoms with E-state index in [1.54, 1.807) is 5.57 Å². The molecular weight excluding hydrogens is 408 g/mol. The van der Waals surface area contributed by atoms with Gasteiger partial charge in [-0.3, -0.25) is 0 Å². The van der Waals surface area contributed by atoms with Crippen LogP contribution in [0.3, 0.4) is 0 Å². The maximum absolute atomic E-state index is 10.7. The van der Waals surface area contributed by atoms with Gasteiger partial charge in [0.1, 0.15) is 0 Å². The van der Waals surface area contributed by atoms with E-state index in [1.807, 2.05) is 0 Å². The fourth-order valence-corrected chi connectivity index (χ4v) is 6.88. The number of hydrogen-bond donors (Lipinski definition) is 3. The molecule has 0 saturated heterocycles. The van der Waals surface area contributed by atoms with Crippen LogP contribution in [0.15, 0.2) is 47.1 Å². The van der Waals surface area contributed by atoms with Gasteiger partial charge in [0, 0.05) is 5.92 Å². The van der Waals surface area contributed by atoms with E-state index in [4.69, 9.17) is 0 Å². The Labute approximate surface area is 202 Å². The Morgan fingerprint density at radius 2 is 2.00 bits per heavy atom. The molecule has 0 amide bonds. The lowest BCUT2D eigenvalue weighted by atomic mass is 9.62. The average Bonchev–Trinajstić information content (AvgIpc) is 3.16. The summed E-state index contributed by atoms with van der Waals surface area (Å²) in [6.07, 6.45) is 17.5. The first-order valence-electron chi connectivity index (χ1n) is 13.5. The van der Waals surface area contributed by atoms with Crippen molar-refractivity contribution in [2.45, 2.75) is 110 Å². The first-order chi connectivity index (χ1) is 15.7. The van der Waals surface area contributed by atoms with E-state index in [2.05, 4.69) is 52.5 Å². The van der Waals surface area contributed by atoms with Gasteiger partial charge in [0.05, 0.1) is 18.3 Å². The van der Waals surface area contributed by atoms with Crippen LogP contribution in [0.5, 0.6) is 0 Å². The zero-order chi connectivity index (χ0) is 24.2. The van der Waals surface area contributed by atoms with Crippen molar-refractivity contribution in [1.29, 1.82) is 0 Å². The quantitative estimate of drug-likeness (QED) is 0.340. The van der Waals surface area contributed by atoms with Crippen molar-refractivity contribution in [2.75, 3.05) is 6.61 Å². The minimum absolute atomic E-state index is 0.0197. The summed E-state index contributed by atoms with van der Waals surface area (Å²) < 4.78 is 0. The highest BCUT2D eigenvalue weighted by molar-refractivity contribution is 5.39.